The lowest BCUT2D eigenvalue weighted by Crippen LogP contribution is -2.39. The van der Waals surface area contributed by atoms with Gasteiger partial charge in [-0.05, 0) is 56.1 Å². The zero-order chi connectivity index (χ0) is 13.5. The van der Waals surface area contributed by atoms with Crippen LogP contribution in [-0.4, -0.2) is 36.1 Å². The molecule has 0 bridgehead atoms. The van der Waals surface area contributed by atoms with Gasteiger partial charge >= 0.3 is 0 Å². The van der Waals surface area contributed by atoms with Gasteiger partial charge in [0.25, 0.3) is 0 Å². The summed E-state index contributed by atoms with van der Waals surface area (Å²) in [6, 6.07) is 6.01. The molecule has 0 amide bonds. The molecule has 4 nitrogen and oxygen atoms in total. The van der Waals surface area contributed by atoms with Gasteiger partial charge in [0.15, 0.2) is 0 Å². The van der Waals surface area contributed by atoms with Crippen molar-refractivity contribution in [1.29, 1.82) is 5.26 Å². The Balaban J connectivity index is 1.89. The van der Waals surface area contributed by atoms with Crippen LogP contribution in [0.2, 0.25) is 0 Å². The molecule has 1 aliphatic rings. The Morgan fingerprint density at radius 2 is 2.47 bits per heavy atom. The highest BCUT2D eigenvalue weighted by molar-refractivity contribution is 5.25. The number of piperidine rings is 1. The highest BCUT2D eigenvalue weighted by Crippen LogP contribution is 2.18. The summed E-state index contributed by atoms with van der Waals surface area (Å²) in [7, 11) is 0. The fourth-order valence-electron chi connectivity index (χ4n) is 2.70. The third kappa shape index (κ3) is 4.30. The third-order valence-corrected chi connectivity index (χ3v) is 3.63. The number of hydrogen-bond donors (Lipinski definition) is 1. The average molecular weight is 258 g/mol. The normalized spacial score (nSPS) is 20.1. The Morgan fingerprint density at radius 1 is 1.58 bits per heavy atom. The first-order valence-corrected chi connectivity index (χ1v) is 7.10. The van der Waals surface area contributed by atoms with Crippen LogP contribution >= 0.6 is 0 Å². The van der Waals surface area contributed by atoms with E-state index in [1.54, 1.807) is 6.20 Å². The fourth-order valence-corrected chi connectivity index (χ4v) is 2.70. The topological polar surface area (TPSA) is 52.0 Å². The van der Waals surface area contributed by atoms with Crippen molar-refractivity contribution in [3.63, 3.8) is 0 Å². The molecule has 1 aromatic rings. The minimum atomic E-state index is 0.513. The quantitative estimate of drug-likeness (QED) is 0.874. The van der Waals surface area contributed by atoms with Crippen LogP contribution in [0.3, 0.4) is 0 Å². The molecule has 102 valence electrons. The molecule has 1 N–H and O–H groups in total. The van der Waals surface area contributed by atoms with Crippen LogP contribution in [0.15, 0.2) is 18.3 Å². The molecule has 1 aromatic heterocycles. The van der Waals surface area contributed by atoms with E-state index in [0.29, 0.717) is 5.69 Å². The van der Waals surface area contributed by atoms with Crippen LogP contribution in [-0.2, 0) is 6.54 Å². The summed E-state index contributed by atoms with van der Waals surface area (Å²) in [4.78, 5) is 6.50. The average Bonchev–Trinajstić information content (AvgIpc) is 2.46. The molecular formula is C15H22N4. The number of pyridine rings is 1. The van der Waals surface area contributed by atoms with Crippen molar-refractivity contribution in [2.75, 3.05) is 26.2 Å². The standard InChI is InChI=1S/C15H22N4/c1-2-17-10-14-4-3-7-19(12-14)11-13-5-6-18-15(8-13)9-16/h5-6,8,14,17H,2-4,7,10-12H2,1H3. The first-order valence-electron chi connectivity index (χ1n) is 7.10. The SMILES string of the molecule is CCNCC1CCCN(Cc2ccnc(C#N)c2)C1. The molecule has 1 aliphatic heterocycles. The summed E-state index contributed by atoms with van der Waals surface area (Å²) in [5, 5.41) is 12.3. The molecule has 0 aromatic carbocycles. The van der Waals surface area contributed by atoms with Gasteiger partial charge in [-0.15, -0.1) is 0 Å². The van der Waals surface area contributed by atoms with Gasteiger partial charge in [0.05, 0.1) is 0 Å². The van der Waals surface area contributed by atoms with Gasteiger partial charge in [-0.25, -0.2) is 4.98 Å². The van der Waals surface area contributed by atoms with E-state index >= 15 is 0 Å². The van der Waals surface area contributed by atoms with Gasteiger partial charge in [-0.3, -0.25) is 4.90 Å². The molecule has 1 saturated heterocycles. The van der Waals surface area contributed by atoms with Crippen LogP contribution in [0.25, 0.3) is 0 Å². The number of rotatable bonds is 5. The van der Waals surface area contributed by atoms with Gasteiger partial charge in [0, 0.05) is 19.3 Å². The molecule has 1 unspecified atom stereocenters. The Labute approximate surface area is 115 Å². The number of likely N-dealkylation sites (tertiary alicyclic amines) is 1. The summed E-state index contributed by atoms with van der Waals surface area (Å²) < 4.78 is 0. The summed E-state index contributed by atoms with van der Waals surface area (Å²) in [5.74, 6) is 0.756. The Bertz CT molecular complexity index is 438. The van der Waals surface area contributed by atoms with Gasteiger partial charge in [-0.1, -0.05) is 6.92 Å². The van der Waals surface area contributed by atoms with Crippen molar-refractivity contribution >= 4 is 0 Å². The third-order valence-electron chi connectivity index (χ3n) is 3.63. The monoisotopic (exact) mass is 258 g/mol. The largest absolute Gasteiger partial charge is 0.317 e. The van der Waals surface area contributed by atoms with Gasteiger partial charge in [0.2, 0.25) is 0 Å². The van der Waals surface area contributed by atoms with E-state index in [0.717, 1.165) is 38.6 Å². The lowest BCUT2D eigenvalue weighted by Gasteiger charge is -2.32. The Kier molecular flexibility index (Phi) is 5.31. The molecule has 2 rings (SSSR count). The van der Waals surface area contributed by atoms with Crippen molar-refractivity contribution in [2.24, 2.45) is 5.92 Å². The summed E-state index contributed by atoms with van der Waals surface area (Å²) in [6.45, 7) is 7.56. The van der Waals surface area contributed by atoms with Crippen LogP contribution in [0.5, 0.6) is 0 Å². The van der Waals surface area contributed by atoms with Crippen molar-refractivity contribution < 1.29 is 0 Å². The van der Waals surface area contributed by atoms with E-state index in [2.05, 4.69) is 28.2 Å². The molecule has 0 aliphatic carbocycles. The summed E-state index contributed by atoms with van der Waals surface area (Å²) in [5.41, 5.74) is 1.70. The first kappa shape index (κ1) is 14.0. The number of nitrogens with one attached hydrogen (secondary N) is 1. The summed E-state index contributed by atoms with van der Waals surface area (Å²) in [6.07, 6.45) is 4.32. The van der Waals surface area contributed by atoms with E-state index in [4.69, 9.17) is 5.26 Å². The minimum absolute atomic E-state index is 0.513. The number of nitriles is 1. The van der Waals surface area contributed by atoms with Crippen LogP contribution in [0.1, 0.15) is 31.0 Å². The van der Waals surface area contributed by atoms with E-state index in [1.807, 2.05) is 12.1 Å². The predicted molar refractivity (Wildman–Crippen MR) is 75.5 cm³/mol. The molecular weight excluding hydrogens is 236 g/mol. The van der Waals surface area contributed by atoms with Gasteiger partial charge in [-0.2, -0.15) is 5.26 Å². The van der Waals surface area contributed by atoms with E-state index in [-0.39, 0.29) is 0 Å². The zero-order valence-corrected chi connectivity index (χ0v) is 11.6. The van der Waals surface area contributed by atoms with E-state index < -0.39 is 0 Å². The lowest BCUT2D eigenvalue weighted by molar-refractivity contribution is 0.166. The Hall–Kier alpha value is -1.44. The van der Waals surface area contributed by atoms with E-state index in [9.17, 15) is 0 Å². The van der Waals surface area contributed by atoms with Gasteiger partial charge < -0.3 is 5.32 Å². The first-order chi connectivity index (χ1) is 9.31. The second-order valence-corrected chi connectivity index (χ2v) is 5.21. The molecule has 0 saturated carbocycles. The van der Waals surface area contributed by atoms with Crippen LogP contribution in [0.4, 0.5) is 0 Å². The molecule has 4 heteroatoms. The second kappa shape index (κ2) is 7.22. The van der Waals surface area contributed by atoms with Crippen molar-refractivity contribution in [3.05, 3.63) is 29.6 Å². The van der Waals surface area contributed by atoms with Crippen molar-refractivity contribution in [1.82, 2.24) is 15.2 Å². The zero-order valence-electron chi connectivity index (χ0n) is 11.6. The number of hydrogen-bond acceptors (Lipinski definition) is 4. The minimum Gasteiger partial charge on any atom is -0.317 e. The lowest BCUT2D eigenvalue weighted by atomic mass is 9.97. The molecule has 1 atom stereocenters. The molecule has 0 radical (unpaired) electrons. The molecule has 1 fully saturated rings. The van der Waals surface area contributed by atoms with Crippen molar-refractivity contribution in [2.45, 2.75) is 26.3 Å². The number of aromatic nitrogens is 1. The molecule has 19 heavy (non-hydrogen) atoms. The second-order valence-electron chi connectivity index (χ2n) is 5.21. The predicted octanol–water partition coefficient (Wildman–Crippen LogP) is 1.77. The van der Waals surface area contributed by atoms with Crippen molar-refractivity contribution in [3.8, 4) is 6.07 Å². The maximum atomic E-state index is 8.87. The maximum Gasteiger partial charge on any atom is 0.140 e. The van der Waals surface area contributed by atoms with E-state index in [1.165, 1.54) is 18.4 Å². The molecule has 2 heterocycles. The van der Waals surface area contributed by atoms with Crippen LogP contribution < -0.4 is 5.32 Å². The molecule has 0 spiro atoms. The smallest absolute Gasteiger partial charge is 0.140 e. The van der Waals surface area contributed by atoms with Crippen LogP contribution in [0, 0.1) is 17.2 Å². The summed E-state index contributed by atoms with van der Waals surface area (Å²) >= 11 is 0. The highest BCUT2D eigenvalue weighted by atomic mass is 15.1. The maximum absolute atomic E-state index is 8.87. The number of nitrogens with zero attached hydrogens (tertiary/aromatic N) is 3. The highest BCUT2D eigenvalue weighted by Gasteiger charge is 2.19. The Morgan fingerprint density at radius 3 is 3.26 bits per heavy atom. The van der Waals surface area contributed by atoms with Gasteiger partial charge in [0.1, 0.15) is 11.8 Å². The fraction of sp³-hybridized carbons (Fsp3) is 0.600.